The summed E-state index contributed by atoms with van der Waals surface area (Å²) in [6, 6.07) is 0. The van der Waals surface area contributed by atoms with E-state index in [9.17, 15) is 0 Å². The maximum absolute atomic E-state index is 5.36. The van der Waals surface area contributed by atoms with Gasteiger partial charge in [0.2, 0.25) is 0 Å². The predicted molar refractivity (Wildman–Crippen MR) is 37.9 cm³/mol. The molecule has 1 rings (SSSR count). The van der Waals surface area contributed by atoms with Gasteiger partial charge in [0.25, 0.3) is 0 Å². The number of rotatable bonds is 2. The van der Waals surface area contributed by atoms with Gasteiger partial charge in [0, 0.05) is 6.10 Å². The van der Waals surface area contributed by atoms with Crippen molar-refractivity contribution in [2.75, 3.05) is 0 Å². The van der Waals surface area contributed by atoms with Crippen LogP contribution in [0.2, 0.25) is 0 Å². The molecule has 0 spiro atoms. The Labute approximate surface area is 113 Å². The molecule has 0 aliphatic heterocycles. The van der Waals surface area contributed by atoms with Crippen LogP contribution in [-0.2, 0) is 4.74 Å². The summed E-state index contributed by atoms with van der Waals surface area (Å²) >= 11 is 0. The molecule has 0 saturated heterocycles. The third-order valence-corrected chi connectivity index (χ3v) is 1.88. The Morgan fingerprint density at radius 1 is 1.20 bits per heavy atom. The molecule has 0 heterocycles. The van der Waals surface area contributed by atoms with Crippen molar-refractivity contribution in [3.63, 3.8) is 0 Å². The van der Waals surface area contributed by atoms with Gasteiger partial charge in [-0.1, -0.05) is 19.3 Å². The second-order valence-corrected chi connectivity index (χ2v) is 2.63. The number of hydrogen-bond acceptors (Lipinski definition) is 1. The summed E-state index contributed by atoms with van der Waals surface area (Å²) in [4.78, 5) is 0. The van der Waals surface area contributed by atoms with E-state index in [1.165, 1.54) is 32.1 Å². The zero-order valence-corrected chi connectivity index (χ0v) is 12.0. The first-order valence-corrected chi connectivity index (χ1v) is 3.87. The summed E-state index contributed by atoms with van der Waals surface area (Å²) in [7, 11) is 0. The monoisotopic (exact) mass is 212 g/mol. The van der Waals surface area contributed by atoms with Gasteiger partial charge in [-0.15, -0.1) is 0 Å². The Balaban J connectivity index is 0.000000810. The van der Waals surface area contributed by atoms with Gasteiger partial charge in [-0.2, -0.15) is 6.92 Å². The molecular weight excluding hydrogens is 198 g/mol. The SMILES string of the molecule is C[CH-]OC1CCCCC1.[Rb+]. The zero-order chi connectivity index (χ0) is 6.53. The average Bonchev–Trinajstić information content (AvgIpc) is 1.91. The van der Waals surface area contributed by atoms with E-state index in [-0.39, 0.29) is 58.2 Å². The van der Waals surface area contributed by atoms with E-state index in [2.05, 4.69) is 0 Å². The molecule has 54 valence electrons. The third-order valence-electron chi connectivity index (χ3n) is 1.88. The second kappa shape index (κ2) is 7.42. The van der Waals surface area contributed by atoms with Gasteiger partial charge in [0.05, 0.1) is 0 Å². The molecule has 0 unspecified atom stereocenters. The minimum absolute atomic E-state index is 0. The van der Waals surface area contributed by atoms with Crippen LogP contribution in [0.15, 0.2) is 0 Å². The van der Waals surface area contributed by atoms with Crippen LogP contribution in [0.4, 0.5) is 0 Å². The molecule has 1 fully saturated rings. The number of hydrogen-bond donors (Lipinski definition) is 0. The largest absolute Gasteiger partial charge is 1.00 e. The van der Waals surface area contributed by atoms with Gasteiger partial charge < -0.3 is 4.74 Å². The van der Waals surface area contributed by atoms with Gasteiger partial charge in [-0.25, -0.2) is 6.61 Å². The topological polar surface area (TPSA) is 9.23 Å². The molecule has 2 heteroatoms. The van der Waals surface area contributed by atoms with Crippen molar-refractivity contribution in [3.05, 3.63) is 6.61 Å². The molecule has 0 aromatic rings. The van der Waals surface area contributed by atoms with Gasteiger partial charge in [-0.05, 0) is 12.8 Å². The summed E-state index contributed by atoms with van der Waals surface area (Å²) in [5.74, 6) is 0. The predicted octanol–water partition coefficient (Wildman–Crippen LogP) is -0.479. The van der Waals surface area contributed by atoms with Crippen LogP contribution in [0, 0.1) is 6.61 Å². The van der Waals surface area contributed by atoms with E-state index in [0.29, 0.717) is 6.10 Å². The summed E-state index contributed by atoms with van der Waals surface area (Å²) < 4.78 is 5.36. The molecule has 0 radical (unpaired) electrons. The van der Waals surface area contributed by atoms with Crippen molar-refractivity contribution in [3.8, 4) is 0 Å². The average molecular weight is 213 g/mol. The van der Waals surface area contributed by atoms with Crippen LogP contribution in [0.25, 0.3) is 0 Å². The zero-order valence-electron chi connectivity index (χ0n) is 7.10. The molecule has 0 aromatic heterocycles. The molecule has 1 nitrogen and oxygen atoms in total. The van der Waals surface area contributed by atoms with Crippen LogP contribution in [-0.4, -0.2) is 6.10 Å². The van der Waals surface area contributed by atoms with Crippen LogP contribution < -0.4 is 58.2 Å². The van der Waals surface area contributed by atoms with Crippen LogP contribution in [0.5, 0.6) is 0 Å². The fourth-order valence-electron chi connectivity index (χ4n) is 1.39. The van der Waals surface area contributed by atoms with E-state index in [1.807, 2.05) is 13.5 Å². The van der Waals surface area contributed by atoms with Crippen molar-refractivity contribution in [1.82, 2.24) is 0 Å². The normalized spacial score (nSPS) is 20.1. The molecule has 1 aliphatic rings. The second-order valence-electron chi connectivity index (χ2n) is 2.63. The molecule has 10 heavy (non-hydrogen) atoms. The summed E-state index contributed by atoms with van der Waals surface area (Å²) in [5.41, 5.74) is 0. The van der Waals surface area contributed by atoms with E-state index in [0.717, 1.165) is 0 Å². The van der Waals surface area contributed by atoms with E-state index >= 15 is 0 Å². The smallest absolute Gasteiger partial charge is 0.550 e. The third kappa shape index (κ3) is 4.60. The minimum Gasteiger partial charge on any atom is -0.550 e. The van der Waals surface area contributed by atoms with Crippen molar-refractivity contribution < 1.29 is 62.9 Å². The van der Waals surface area contributed by atoms with Crippen LogP contribution in [0.3, 0.4) is 0 Å². The molecule has 0 amide bonds. The molecule has 1 aliphatic carbocycles. The van der Waals surface area contributed by atoms with Crippen LogP contribution in [0.1, 0.15) is 39.0 Å². The minimum atomic E-state index is 0. The maximum Gasteiger partial charge on any atom is 1.00 e. The van der Waals surface area contributed by atoms with E-state index in [1.54, 1.807) is 0 Å². The van der Waals surface area contributed by atoms with Crippen molar-refractivity contribution in [2.45, 2.75) is 45.1 Å². The summed E-state index contributed by atoms with van der Waals surface area (Å²) in [6.45, 7) is 3.77. The quantitative estimate of drug-likeness (QED) is 0.562. The molecule has 0 bridgehead atoms. The Hall–Kier alpha value is 1.77. The van der Waals surface area contributed by atoms with Crippen molar-refractivity contribution in [2.24, 2.45) is 0 Å². The number of ether oxygens (including phenoxy) is 1. The standard InChI is InChI=1S/C8H15O.Rb/c1-2-9-8-6-4-3-5-7-8;/h2,8H,3-7H2,1H3;/q-1;+1. The Morgan fingerprint density at radius 3 is 2.30 bits per heavy atom. The summed E-state index contributed by atoms with van der Waals surface area (Å²) in [5, 5.41) is 0. The molecular formula is C8H15ORb. The molecule has 0 aromatic carbocycles. The maximum atomic E-state index is 5.36. The molecule has 0 atom stereocenters. The van der Waals surface area contributed by atoms with E-state index in [4.69, 9.17) is 4.74 Å². The van der Waals surface area contributed by atoms with Gasteiger partial charge in [0.15, 0.2) is 0 Å². The first-order valence-electron chi connectivity index (χ1n) is 3.87. The summed E-state index contributed by atoms with van der Waals surface area (Å²) in [6.07, 6.45) is 7.21. The van der Waals surface area contributed by atoms with Crippen LogP contribution >= 0.6 is 0 Å². The fraction of sp³-hybridized carbons (Fsp3) is 0.875. The Morgan fingerprint density at radius 2 is 1.80 bits per heavy atom. The molecule has 1 saturated carbocycles. The van der Waals surface area contributed by atoms with Gasteiger partial charge in [0.1, 0.15) is 0 Å². The first kappa shape index (κ1) is 11.8. The van der Waals surface area contributed by atoms with Gasteiger partial charge in [-0.3, -0.25) is 0 Å². The van der Waals surface area contributed by atoms with Crippen molar-refractivity contribution >= 4 is 0 Å². The first-order chi connectivity index (χ1) is 4.43. The van der Waals surface area contributed by atoms with Crippen molar-refractivity contribution in [1.29, 1.82) is 0 Å². The van der Waals surface area contributed by atoms with Gasteiger partial charge >= 0.3 is 58.2 Å². The Kier molecular flexibility index (Phi) is 8.73. The molecule has 0 N–H and O–H groups in total. The van der Waals surface area contributed by atoms with E-state index < -0.39 is 0 Å². The Bertz CT molecular complexity index is 66.9. The fourth-order valence-corrected chi connectivity index (χ4v) is 1.39.